The van der Waals surface area contributed by atoms with Gasteiger partial charge in [0.25, 0.3) is 5.91 Å². The van der Waals surface area contributed by atoms with Gasteiger partial charge in [0.15, 0.2) is 0 Å². The topological polar surface area (TPSA) is 70.5 Å². The Balaban J connectivity index is 2.48. The third-order valence-electron chi connectivity index (χ3n) is 2.84. The van der Waals surface area contributed by atoms with Crippen LogP contribution in [0.1, 0.15) is 26.4 Å². The number of aryl methyl sites for hydroxylation is 1. The lowest BCUT2D eigenvalue weighted by Gasteiger charge is -2.16. The van der Waals surface area contributed by atoms with Gasteiger partial charge in [-0.25, -0.2) is 13.6 Å². The van der Waals surface area contributed by atoms with Crippen LogP contribution < -0.4 is 4.90 Å². The number of carboxylic acids is 1. The van der Waals surface area contributed by atoms with E-state index in [1.54, 1.807) is 0 Å². The van der Waals surface area contributed by atoms with Crippen LogP contribution in [-0.2, 0) is 0 Å². The molecule has 0 saturated carbocycles. The van der Waals surface area contributed by atoms with Crippen LogP contribution in [0.2, 0.25) is 0 Å². The summed E-state index contributed by atoms with van der Waals surface area (Å²) in [5.74, 6) is -4.25. The van der Waals surface area contributed by atoms with Crippen molar-refractivity contribution in [3.05, 3.63) is 46.7 Å². The van der Waals surface area contributed by atoms with Gasteiger partial charge < -0.3 is 10.0 Å². The number of hydrogen-bond donors (Lipinski definition) is 1. The maximum Gasteiger partial charge on any atom is 0.340 e. The highest BCUT2D eigenvalue weighted by atomic mass is 32.1. The van der Waals surface area contributed by atoms with Crippen molar-refractivity contribution >= 4 is 28.4 Å². The Hall–Kier alpha value is -2.35. The largest absolute Gasteiger partial charge is 0.478 e. The van der Waals surface area contributed by atoms with Crippen LogP contribution in [-0.4, -0.2) is 28.4 Å². The number of halogens is 2. The Morgan fingerprint density at radius 2 is 1.81 bits per heavy atom. The van der Waals surface area contributed by atoms with Gasteiger partial charge in [-0.1, -0.05) is 6.07 Å². The Bertz CT molecular complexity index is 710. The Morgan fingerprint density at radius 1 is 1.24 bits per heavy atom. The predicted octanol–water partition coefficient (Wildman–Crippen LogP) is 2.70. The molecule has 0 radical (unpaired) electrons. The molecule has 0 aliphatic heterocycles. The Kier molecular flexibility index (Phi) is 3.99. The number of aromatic carboxylic acids is 1. The minimum Gasteiger partial charge on any atom is -0.478 e. The van der Waals surface area contributed by atoms with E-state index < -0.39 is 29.1 Å². The van der Waals surface area contributed by atoms with Gasteiger partial charge in [0.05, 0.1) is 5.69 Å². The maximum absolute atomic E-state index is 13.6. The smallest absolute Gasteiger partial charge is 0.340 e. The summed E-state index contributed by atoms with van der Waals surface area (Å²) in [5.41, 5.74) is -0.661. The fourth-order valence-corrected chi connectivity index (χ4v) is 2.64. The molecule has 8 heteroatoms. The lowest BCUT2D eigenvalue weighted by molar-refractivity contribution is 0.0697. The number of aromatic nitrogens is 1. The molecule has 0 aliphatic carbocycles. The second-order valence-electron chi connectivity index (χ2n) is 4.21. The molecule has 1 heterocycles. The summed E-state index contributed by atoms with van der Waals surface area (Å²) in [7, 11) is 1.24. The molecule has 110 valence electrons. The normalized spacial score (nSPS) is 10.5. The molecule has 0 aliphatic rings. The SMILES string of the molecule is Cc1nsc(N(C)C(=O)c2c(F)cccc2F)c1C(=O)O. The van der Waals surface area contributed by atoms with E-state index in [0.29, 0.717) is 0 Å². The number of carbonyl (C=O) groups is 2. The number of carboxylic acid groups (broad SMARTS) is 1. The molecule has 1 N–H and O–H groups in total. The van der Waals surface area contributed by atoms with Crippen LogP contribution in [0.5, 0.6) is 0 Å². The quantitative estimate of drug-likeness (QED) is 0.946. The van der Waals surface area contributed by atoms with E-state index >= 15 is 0 Å². The second kappa shape index (κ2) is 5.57. The van der Waals surface area contributed by atoms with E-state index in [-0.39, 0.29) is 16.3 Å². The molecular weight excluding hydrogens is 302 g/mol. The van der Waals surface area contributed by atoms with Crippen LogP contribution >= 0.6 is 11.5 Å². The van der Waals surface area contributed by atoms with Crippen LogP contribution in [0.4, 0.5) is 13.8 Å². The molecule has 0 fully saturated rings. The third-order valence-corrected chi connectivity index (χ3v) is 3.86. The zero-order valence-electron chi connectivity index (χ0n) is 11.1. The summed E-state index contributed by atoms with van der Waals surface area (Å²) in [6.07, 6.45) is 0. The Labute approximate surface area is 122 Å². The lowest BCUT2D eigenvalue weighted by Crippen LogP contribution is -2.28. The highest BCUT2D eigenvalue weighted by Gasteiger charge is 2.27. The highest BCUT2D eigenvalue weighted by molar-refractivity contribution is 7.11. The molecule has 1 aromatic carbocycles. The van der Waals surface area contributed by atoms with Crippen LogP contribution in [0, 0.1) is 18.6 Å². The number of rotatable bonds is 3. The number of anilines is 1. The molecule has 2 rings (SSSR count). The number of hydrogen-bond acceptors (Lipinski definition) is 4. The average Bonchev–Trinajstić information content (AvgIpc) is 2.79. The summed E-state index contributed by atoms with van der Waals surface area (Å²) < 4.78 is 31.1. The summed E-state index contributed by atoms with van der Waals surface area (Å²) >= 11 is 0.777. The molecule has 21 heavy (non-hydrogen) atoms. The first-order valence-corrected chi connectivity index (χ1v) is 6.53. The summed E-state index contributed by atoms with van der Waals surface area (Å²) in [4.78, 5) is 24.3. The molecule has 5 nitrogen and oxygen atoms in total. The molecule has 2 aromatic rings. The van der Waals surface area contributed by atoms with Gasteiger partial charge in [-0.2, -0.15) is 4.37 Å². The third kappa shape index (κ3) is 2.62. The van der Waals surface area contributed by atoms with Gasteiger partial charge in [0, 0.05) is 7.05 Å². The zero-order chi connectivity index (χ0) is 15.7. The van der Waals surface area contributed by atoms with Crippen LogP contribution in [0.3, 0.4) is 0 Å². The molecule has 1 amide bonds. The van der Waals surface area contributed by atoms with E-state index in [1.165, 1.54) is 14.0 Å². The first-order chi connectivity index (χ1) is 9.84. The van der Waals surface area contributed by atoms with Crippen molar-refractivity contribution in [3.63, 3.8) is 0 Å². The highest BCUT2D eigenvalue weighted by Crippen LogP contribution is 2.29. The van der Waals surface area contributed by atoms with Crippen molar-refractivity contribution in [1.82, 2.24) is 4.37 Å². The van der Waals surface area contributed by atoms with Crippen molar-refractivity contribution in [1.29, 1.82) is 0 Å². The van der Waals surface area contributed by atoms with Gasteiger partial charge >= 0.3 is 5.97 Å². The van der Waals surface area contributed by atoms with Crippen LogP contribution in [0.15, 0.2) is 18.2 Å². The van der Waals surface area contributed by atoms with E-state index in [9.17, 15) is 18.4 Å². The molecule has 0 saturated heterocycles. The Morgan fingerprint density at radius 3 is 2.33 bits per heavy atom. The number of nitrogens with zero attached hydrogens (tertiary/aromatic N) is 2. The van der Waals surface area contributed by atoms with Crippen molar-refractivity contribution in [3.8, 4) is 0 Å². The van der Waals surface area contributed by atoms with E-state index in [0.717, 1.165) is 34.6 Å². The van der Waals surface area contributed by atoms with E-state index in [2.05, 4.69) is 4.37 Å². The van der Waals surface area contributed by atoms with Crippen molar-refractivity contribution in [2.24, 2.45) is 0 Å². The molecular formula is C13H10F2N2O3S. The second-order valence-corrected chi connectivity index (χ2v) is 4.97. The minimum absolute atomic E-state index is 0.0210. The number of benzene rings is 1. The summed E-state index contributed by atoms with van der Waals surface area (Å²) in [6, 6.07) is 3.06. The van der Waals surface area contributed by atoms with Crippen molar-refractivity contribution in [2.75, 3.05) is 11.9 Å². The van der Waals surface area contributed by atoms with Gasteiger partial charge in [-0.15, -0.1) is 0 Å². The lowest BCUT2D eigenvalue weighted by atomic mass is 10.1. The molecule has 0 atom stereocenters. The first-order valence-electron chi connectivity index (χ1n) is 5.76. The summed E-state index contributed by atoms with van der Waals surface area (Å²) in [6.45, 7) is 1.48. The van der Waals surface area contributed by atoms with Crippen molar-refractivity contribution < 1.29 is 23.5 Å². The molecule has 0 unspecified atom stereocenters. The van der Waals surface area contributed by atoms with E-state index in [4.69, 9.17) is 5.11 Å². The van der Waals surface area contributed by atoms with E-state index in [1.807, 2.05) is 0 Å². The van der Waals surface area contributed by atoms with Gasteiger partial charge in [-0.05, 0) is 30.6 Å². The number of amides is 1. The fourth-order valence-electron chi connectivity index (χ4n) is 1.79. The molecule has 1 aromatic heterocycles. The first kappa shape index (κ1) is 15.0. The van der Waals surface area contributed by atoms with Crippen LogP contribution in [0.25, 0.3) is 0 Å². The van der Waals surface area contributed by atoms with Gasteiger partial charge in [0.2, 0.25) is 0 Å². The molecule has 0 spiro atoms. The average molecular weight is 312 g/mol. The zero-order valence-corrected chi connectivity index (χ0v) is 11.9. The van der Waals surface area contributed by atoms with Gasteiger partial charge in [-0.3, -0.25) is 4.79 Å². The molecule has 0 bridgehead atoms. The maximum atomic E-state index is 13.6. The van der Waals surface area contributed by atoms with Gasteiger partial charge in [0.1, 0.15) is 27.8 Å². The van der Waals surface area contributed by atoms with Crippen molar-refractivity contribution in [2.45, 2.75) is 6.92 Å². The fraction of sp³-hybridized carbons (Fsp3) is 0.154. The monoisotopic (exact) mass is 312 g/mol. The number of carbonyl (C=O) groups excluding carboxylic acids is 1. The minimum atomic E-state index is -1.26. The predicted molar refractivity (Wildman–Crippen MR) is 72.9 cm³/mol. The summed E-state index contributed by atoms with van der Waals surface area (Å²) in [5, 5.41) is 9.15. The standard InChI is InChI=1S/C13H10F2N2O3S/c1-6-9(13(19)20)12(21-16-6)17(2)11(18)10-7(14)4-3-5-8(10)15/h3-5H,1-2H3,(H,19,20).